The molecule has 0 spiro atoms. The van der Waals surface area contributed by atoms with Gasteiger partial charge in [-0.1, -0.05) is 12.1 Å². The maximum Gasteiger partial charge on any atom is 0.407 e. The van der Waals surface area contributed by atoms with Gasteiger partial charge in [-0.05, 0) is 48.7 Å². The van der Waals surface area contributed by atoms with E-state index in [4.69, 9.17) is 9.84 Å². The van der Waals surface area contributed by atoms with Crippen LogP contribution in [-0.2, 0) is 13.0 Å². The van der Waals surface area contributed by atoms with Gasteiger partial charge < -0.3 is 25.4 Å². The minimum atomic E-state index is -0.911. The predicted molar refractivity (Wildman–Crippen MR) is 98.8 cm³/mol. The molecule has 1 heterocycles. The third kappa shape index (κ3) is 4.24. The molecule has 0 saturated carbocycles. The third-order valence-electron chi connectivity index (χ3n) is 4.15. The lowest BCUT2D eigenvalue weighted by molar-refractivity contribution is 0.140. The summed E-state index contributed by atoms with van der Waals surface area (Å²) in [4.78, 5) is 24.7. The van der Waals surface area contributed by atoms with Gasteiger partial charge in [0, 0.05) is 30.5 Å². The molecule has 0 saturated heterocycles. The van der Waals surface area contributed by atoms with Gasteiger partial charge in [-0.25, -0.2) is 9.59 Å². The van der Waals surface area contributed by atoms with Crippen molar-refractivity contribution in [1.82, 2.24) is 4.90 Å². The van der Waals surface area contributed by atoms with E-state index in [0.29, 0.717) is 43.2 Å². The predicted octanol–water partition coefficient (Wildman–Crippen LogP) is 3.77. The van der Waals surface area contributed by atoms with Gasteiger partial charge in [0.15, 0.2) is 0 Å². The fourth-order valence-corrected chi connectivity index (χ4v) is 2.92. The highest BCUT2D eigenvalue weighted by atomic mass is 16.5. The standard InChI is InChI=1S/C19H21N3O4/c1-2-26-17-5-3-4-15(11-17)20-18(23)21-16-7-6-14-12-22(19(24)25)9-8-13(14)10-16/h3-7,10-11H,2,8-9,12H2,1H3,(H,24,25)(H2,20,21,23). The second-order valence-electron chi connectivity index (χ2n) is 5.98. The quantitative estimate of drug-likeness (QED) is 0.779. The fourth-order valence-electron chi connectivity index (χ4n) is 2.92. The number of nitrogens with zero attached hydrogens (tertiary/aromatic N) is 1. The molecule has 2 aromatic carbocycles. The first-order valence-corrected chi connectivity index (χ1v) is 8.45. The van der Waals surface area contributed by atoms with Crippen LogP contribution in [0.3, 0.4) is 0 Å². The minimum absolute atomic E-state index is 0.346. The summed E-state index contributed by atoms with van der Waals surface area (Å²) in [5, 5.41) is 14.7. The van der Waals surface area contributed by atoms with Crippen LogP contribution in [0.2, 0.25) is 0 Å². The van der Waals surface area contributed by atoms with Crippen molar-refractivity contribution in [3.8, 4) is 5.75 Å². The molecule has 7 nitrogen and oxygen atoms in total. The van der Waals surface area contributed by atoms with Crippen LogP contribution >= 0.6 is 0 Å². The SMILES string of the molecule is CCOc1cccc(NC(=O)Nc2ccc3c(c2)CCN(C(=O)O)C3)c1. The minimum Gasteiger partial charge on any atom is -0.494 e. The van der Waals surface area contributed by atoms with Crippen LogP contribution < -0.4 is 15.4 Å². The molecule has 26 heavy (non-hydrogen) atoms. The molecule has 2 aromatic rings. The molecular weight excluding hydrogens is 334 g/mol. The molecule has 0 bridgehead atoms. The zero-order valence-electron chi connectivity index (χ0n) is 14.5. The summed E-state index contributed by atoms with van der Waals surface area (Å²) >= 11 is 0. The zero-order valence-corrected chi connectivity index (χ0v) is 14.5. The molecule has 3 N–H and O–H groups in total. The molecule has 0 fully saturated rings. The number of rotatable bonds is 4. The summed E-state index contributed by atoms with van der Waals surface area (Å²) in [6.45, 7) is 3.30. The Balaban J connectivity index is 1.63. The molecule has 3 rings (SSSR count). The summed E-state index contributed by atoms with van der Waals surface area (Å²) in [6, 6.07) is 12.4. The Labute approximate surface area is 151 Å². The van der Waals surface area contributed by atoms with Gasteiger partial charge in [-0.2, -0.15) is 0 Å². The number of ether oxygens (including phenoxy) is 1. The molecule has 0 radical (unpaired) electrons. The molecule has 0 atom stereocenters. The highest BCUT2D eigenvalue weighted by molar-refractivity contribution is 5.99. The average molecular weight is 355 g/mol. The Morgan fingerprint density at radius 1 is 1.12 bits per heavy atom. The number of anilines is 2. The second kappa shape index (κ2) is 7.77. The largest absolute Gasteiger partial charge is 0.494 e. The lowest BCUT2D eigenvalue weighted by atomic mass is 9.99. The molecule has 7 heteroatoms. The van der Waals surface area contributed by atoms with E-state index in [-0.39, 0.29) is 6.03 Å². The fraction of sp³-hybridized carbons (Fsp3) is 0.263. The maximum absolute atomic E-state index is 12.2. The van der Waals surface area contributed by atoms with E-state index in [0.717, 1.165) is 11.1 Å². The van der Waals surface area contributed by atoms with Crippen molar-refractivity contribution in [3.63, 3.8) is 0 Å². The van der Waals surface area contributed by atoms with Crippen molar-refractivity contribution >= 4 is 23.5 Å². The lowest BCUT2D eigenvalue weighted by Crippen LogP contribution is -2.34. The molecule has 0 unspecified atom stereocenters. The summed E-state index contributed by atoms with van der Waals surface area (Å²) in [5.74, 6) is 0.696. The van der Waals surface area contributed by atoms with Gasteiger partial charge in [0.05, 0.1) is 6.61 Å². The molecule has 3 amide bonds. The van der Waals surface area contributed by atoms with Crippen LogP contribution in [0.15, 0.2) is 42.5 Å². The van der Waals surface area contributed by atoms with Crippen LogP contribution in [-0.4, -0.2) is 35.3 Å². The average Bonchev–Trinajstić information content (AvgIpc) is 2.61. The highest BCUT2D eigenvalue weighted by Gasteiger charge is 2.20. The van der Waals surface area contributed by atoms with E-state index in [9.17, 15) is 9.59 Å². The number of benzene rings is 2. The Kier molecular flexibility index (Phi) is 5.26. The van der Waals surface area contributed by atoms with E-state index < -0.39 is 6.09 Å². The smallest absolute Gasteiger partial charge is 0.407 e. The summed E-state index contributed by atoms with van der Waals surface area (Å²) in [7, 11) is 0. The molecule has 1 aliphatic heterocycles. The Bertz CT molecular complexity index is 822. The van der Waals surface area contributed by atoms with Crippen molar-refractivity contribution in [2.24, 2.45) is 0 Å². The number of carbonyl (C=O) groups excluding carboxylic acids is 1. The number of hydrogen-bond donors (Lipinski definition) is 3. The Morgan fingerprint density at radius 3 is 2.62 bits per heavy atom. The van der Waals surface area contributed by atoms with Crippen molar-refractivity contribution in [2.75, 3.05) is 23.8 Å². The number of hydrogen-bond acceptors (Lipinski definition) is 3. The van der Waals surface area contributed by atoms with Crippen LogP contribution in [0.4, 0.5) is 21.0 Å². The molecule has 136 valence electrons. The van der Waals surface area contributed by atoms with Crippen molar-refractivity contribution in [2.45, 2.75) is 19.9 Å². The van der Waals surface area contributed by atoms with E-state index in [2.05, 4.69) is 10.6 Å². The first-order valence-electron chi connectivity index (χ1n) is 8.45. The number of nitrogens with one attached hydrogen (secondary N) is 2. The molecule has 0 aliphatic carbocycles. The number of amides is 3. The summed E-state index contributed by atoms with van der Waals surface area (Å²) in [5.41, 5.74) is 3.34. The molecular formula is C19H21N3O4. The molecule has 1 aliphatic rings. The zero-order chi connectivity index (χ0) is 18.5. The van der Waals surface area contributed by atoms with E-state index in [1.807, 2.05) is 31.2 Å². The van der Waals surface area contributed by atoms with Crippen LogP contribution in [0.5, 0.6) is 5.75 Å². The number of carbonyl (C=O) groups is 2. The van der Waals surface area contributed by atoms with Crippen LogP contribution in [0, 0.1) is 0 Å². The van der Waals surface area contributed by atoms with Crippen molar-refractivity contribution in [1.29, 1.82) is 0 Å². The van der Waals surface area contributed by atoms with E-state index in [1.165, 1.54) is 4.90 Å². The number of fused-ring (bicyclic) bond motifs is 1. The van der Waals surface area contributed by atoms with Crippen LogP contribution in [0.1, 0.15) is 18.1 Å². The summed E-state index contributed by atoms with van der Waals surface area (Å²) < 4.78 is 5.42. The summed E-state index contributed by atoms with van der Waals surface area (Å²) in [6.07, 6.45) is -0.277. The molecule has 0 aromatic heterocycles. The Morgan fingerprint density at radius 2 is 1.88 bits per heavy atom. The van der Waals surface area contributed by atoms with Crippen molar-refractivity contribution in [3.05, 3.63) is 53.6 Å². The topological polar surface area (TPSA) is 90.9 Å². The number of urea groups is 1. The van der Waals surface area contributed by atoms with Gasteiger partial charge >= 0.3 is 12.1 Å². The van der Waals surface area contributed by atoms with Gasteiger partial charge in [0.25, 0.3) is 0 Å². The Hall–Kier alpha value is -3.22. The van der Waals surface area contributed by atoms with Gasteiger partial charge in [0.2, 0.25) is 0 Å². The maximum atomic E-state index is 12.2. The first kappa shape index (κ1) is 17.6. The third-order valence-corrected chi connectivity index (χ3v) is 4.15. The van der Waals surface area contributed by atoms with Gasteiger partial charge in [-0.15, -0.1) is 0 Å². The van der Waals surface area contributed by atoms with Crippen LogP contribution in [0.25, 0.3) is 0 Å². The number of carboxylic acid groups (broad SMARTS) is 1. The highest BCUT2D eigenvalue weighted by Crippen LogP contribution is 2.23. The second-order valence-corrected chi connectivity index (χ2v) is 5.98. The first-order chi connectivity index (χ1) is 12.5. The lowest BCUT2D eigenvalue weighted by Gasteiger charge is -2.26. The van der Waals surface area contributed by atoms with Gasteiger partial charge in [-0.3, -0.25) is 0 Å². The van der Waals surface area contributed by atoms with Gasteiger partial charge in [0.1, 0.15) is 5.75 Å². The monoisotopic (exact) mass is 355 g/mol. The van der Waals surface area contributed by atoms with E-state index >= 15 is 0 Å². The van der Waals surface area contributed by atoms with E-state index in [1.54, 1.807) is 18.2 Å². The normalized spacial score (nSPS) is 12.9. The van der Waals surface area contributed by atoms with Crippen molar-refractivity contribution < 1.29 is 19.4 Å².